The fourth-order valence-electron chi connectivity index (χ4n) is 3.64. The van der Waals surface area contributed by atoms with Crippen LogP contribution in [0.1, 0.15) is 50.0 Å². The molecule has 0 spiro atoms. The van der Waals surface area contributed by atoms with Gasteiger partial charge in [-0.2, -0.15) is 0 Å². The Hall–Kier alpha value is -1.91. The van der Waals surface area contributed by atoms with E-state index in [-0.39, 0.29) is 36.0 Å². The Morgan fingerprint density at radius 2 is 1.96 bits per heavy atom. The molecule has 1 aromatic carbocycles. The lowest BCUT2D eigenvalue weighted by Crippen LogP contribution is -2.44. The lowest BCUT2D eigenvalue weighted by atomic mass is 9.97. The molecule has 0 aromatic heterocycles. The predicted molar refractivity (Wildman–Crippen MR) is 83.5 cm³/mol. The van der Waals surface area contributed by atoms with Gasteiger partial charge in [0.05, 0.1) is 0 Å². The minimum atomic E-state index is -0.807. The standard InChI is InChI=1S/C18H22FNO3/c19-13-6-4-12(5-7-13)15-11-16(15)18(23)20-10-2-1-3-14(20)8-9-17(21)22/h4-7,14-16H,1-3,8-11H2,(H,21,22)/t14-,15+,16+/m0/s1. The molecule has 1 amide bonds. The van der Waals surface area contributed by atoms with Crippen LogP contribution in [0.2, 0.25) is 0 Å². The van der Waals surface area contributed by atoms with Gasteiger partial charge in [-0.15, -0.1) is 0 Å². The molecule has 1 aromatic rings. The van der Waals surface area contributed by atoms with Crippen LogP contribution in [0.5, 0.6) is 0 Å². The maximum absolute atomic E-state index is 13.0. The van der Waals surface area contributed by atoms with Crippen molar-refractivity contribution in [1.29, 1.82) is 0 Å². The van der Waals surface area contributed by atoms with E-state index in [1.807, 2.05) is 4.90 Å². The third-order valence-electron chi connectivity index (χ3n) is 5.01. The fourth-order valence-corrected chi connectivity index (χ4v) is 3.64. The molecule has 1 heterocycles. The molecule has 23 heavy (non-hydrogen) atoms. The summed E-state index contributed by atoms with van der Waals surface area (Å²) in [6.45, 7) is 0.732. The largest absolute Gasteiger partial charge is 0.481 e. The number of carbonyl (C=O) groups is 2. The van der Waals surface area contributed by atoms with Gasteiger partial charge in [0.15, 0.2) is 0 Å². The van der Waals surface area contributed by atoms with Gasteiger partial charge in [0.1, 0.15) is 5.82 Å². The highest BCUT2D eigenvalue weighted by molar-refractivity contribution is 5.83. The highest BCUT2D eigenvalue weighted by atomic mass is 19.1. The Kier molecular flexibility index (Phi) is 4.64. The minimum absolute atomic E-state index is 0.0223. The smallest absolute Gasteiger partial charge is 0.303 e. The van der Waals surface area contributed by atoms with E-state index < -0.39 is 5.97 Å². The topological polar surface area (TPSA) is 57.6 Å². The van der Waals surface area contributed by atoms with Gasteiger partial charge >= 0.3 is 5.97 Å². The van der Waals surface area contributed by atoms with Crippen LogP contribution in [0.3, 0.4) is 0 Å². The number of hydrogen-bond acceptors (Lipinski definition) is 2. The summed E-state index contributed by atoms with van der Waals surface area (Å²) in [5.41, 5.74) is 1.02. The molecule has 1 aliphatic heterocycles. The fraction of sp³-hybridized carbons (Fsp3) is 0.556. The molecule has 1 saturated carbocycles. The van der Waals surface area contributed by atoms with E-state index in [1.54, 1.807) is 12.1 Å². The average Bonchev–Trinajstić information content (AvgIpc) is 3.34. The summed E-state index contributed by atoms with van der Waals surface area (Å²) in [6.07, 6.45) is 4.40. The van der Waals surface area contributed by atoms with E-state index in [1.165, 1.54) is 12.1 Å². The quantitative estimate of drug-likeness (QED) is 0.907. The Balaban J connectivity index is 1.62. The van der Waals surface area contributed by atoms with Crippen LogP contribution in [0, 0.1) is 11.7 Å². The maximum Gasteiger partial charge on any atom is 0.303 e. The van der Waals surface area contributed by atoms with Crippen LogP contribution in [0.15, 0.2) is 24.3 Å². The second-order valence-electron chi connectivity index (χ2n) is 6.61. The van der Waals surface area contributed by atoms with Gasteiger partial charge in [-0.25, -0.2) is 4.39 Å². The Morgan fingerprint density at radius 1 is 1.22 bits per heavy atom. The highest BCUT2D eigenvalue weighted by Crippen LogP contribution is 2.49. The molecule has 1 aliphatic carbocycles. The summed E-state index contributed by atoms with van der Waals surface area (Å²) >= 11 is 0. The van der Waals surface area contributed by atoms with E-state index in [9.17, 15) is 14.0 Å². The second kappa shape index (κ2) is 6.69. The minimum Gasteiger partial charge on any atom is -0.481 e. The van der Waals surface area contributed by atoms with Gasteiger partial charge in [0.2, 0.25) is 5.91 Å². The summed E-state index contributed by atoms with van der Waals surface area (Å²) in [7, 11) is 0. The average molecular weight is 319 g/mol. The number of benzene rings is 1. The zero-order valence-corrected chi connectivity index (χ0v) is 13.1. The summed E-state index contributed by atoms with van der Waals surface area (Å²) in [5.74, 6) is -0.758. The zero-order valence-electron chi connectivity index (χ0n) is 13.1. The summed E-state index contributed by atoms with van der Waals surface area (Å²) in [5, 5.41) is 8.87. The number of carbonyl (C=O) groups excluding carboxylic acids is 1. The zero-order chi connectivity index (χ0) is 16.4. The molecular weight excluding hydrogens is 297 g/mol. The number of carboxylic acid groups (broad SMARTS) is 1. The summed E-state index contributed by atoms with van der Waals surface area (Å²) in [4.78, 5) is 25.5. The van der Waals surface area contributed by atoms with Crippen LogP contribution < -0.4 is 0 Å². The third kappa shape index (κ3) is 3.71. The second-order valence-corrected chi connectivity index (χ2v) is 6.61. The molecule has 1 saturated heterocycles. The van der Waals surface area contributed by atoms with Crippen molar-refractivity contribution >= 4 is 11.9 Å². The van der Waals surface area contributed by atoms with Crippen molar-refractivity contribution < 1.29 is 19.1 Å². The molecular formula is C18H22FNO3. The number of hydrogen-bond donors (Lipinski definition) is 1. The Labute approximate surface area is 135 Å². The Morgan fingerprint density at radius 3 is 2.65 bits per heavy atom. The van der Waals surface area contributed by atoms with E-state index in [2.05, 4.69) is 0 Å². The van der Waals surface area contributed by atoms with E-state index in [0.29, 0.717) is 6.42 Å². The molecule has 3 atom stereocenters. The van der Waals surface area contributed by atoms with E-state index >= 15 is 0 Å². The molecule has 0 unspecified atom stereocenters. The number of aliphatic carboxylic acids is 1. The van der Waals surface area contributed by atoms with Crippen LogP contribution in [-0.2, 0) is 9.59 Å². The number of piperidine rings is 1. The monoisotopic (exact) mass is 319 g/mol. The normalized spacial score (nSPS) is 26.8. The maximum atomic E-state index is 13.0. The van der Waals surface area contributed by atoms with Gasteiger partial charge in [-0.1, -0.05) is 12.1 Å². The van der Waals surface area contributed by atoms with Gasteiger partial charge in [0.25, 0.3) is 0 Å². The van der Waals surface area contributed by atoms with Crippen LogP contribution in [0.4, 0.5) is 4.39 Å². The summed E-state index contributed by atoms with van der Waals surface area (Å²) < 4.78 is 13.0. The van der Waals surface area contributed by atoms with Gasteiger partial charge < -0.3 is 10.0 Å². The van der Waals surface area contributed by atoms with Gasteiger partial charge in [-0.3, -0.25) is 9.59 Å². The lowest BCUT2D eigenvalue weighted by Gasteiger charge is -2.36. The molecule has 4 nitrogen and oxygen atoms in total. The number of nitrogens with zero attached hydrogens (tertiary/aromatic N) is 1. The summed E-state index contributed by atoms with van der Waals surface area (Å²) in [6, 6.07) is 6.44. The number of halogens is 1. The predicted octanol–water partition coefficient (Wildman–Crippen LogP) is 3.18. The van der Waals surface area contributed by atoms with Gasteiger partial charge in [0, 0.05) is 24.9 Å². The van der Waals surface area contributed by atoms with E-state index in [0.717, 1.165) is 37.8 Å². The van der Waals surface area contributed by atoms with Crippen molar-refractivity contribution in [3.63, 3.8) is 0 Å². The molecule has 0 bridgehead atoms. The van der Waals surface area contributed by atoms with Crippen molar-refractivity contribution in [2.75, 3.05) is 6.54 Å². The van der Waals surface area contributed by atoms with Crippen LogP contribution >= 0.6 is 0 Å². The van der Waals surface area contributed by atoms with Crippen LogP contribution in [0.25, 0.3) is 0 Å². The van der Waals surface area contributed by atoms with Crippen molar-refractivity contribution in [1.82, 2.24) is 4.90 Å². The first-order valence-electron chi connectivity index (χ1n) is 8.34. The molecule has 3 rings (SSSR count). The Bertz CT molecular complexity index is 586. The number of likely N-dealkylation sites (tertiary alicyclic amines) is 1. The number of carboxylic acids is 1. The molecule has 0 radical (unpaired) electrons. The number of rotatable bonds is 5. The highest BCUT2D eigenvalue weighted by Gasteiger charge is 2.47. The van der Waals surface area contributed by atoms with Crippen molar-refractivity contribution in [2.45, 2.75) is 50.5 Å². The first kappa shape index (κ1) is 16.0. The number of amides is 1. The molecule has 2 aliphatic rings. The van der Waals surface area contributed by atoms with E-state index in [4.69, 9.17) is 5.11 Å². The molecule has 1 N–H and O–H groups in total. The van der Waals surface area contributed by atoms with Crippen molar-refractivity contribution in [2.24, 2.45) is 5.92 Å². The molecule has 2 fully saturated rings. The first-order chi connectivity index (χ1) is 11.1. The van der Waals surface area contributed by atoms with Crippen LogP contribution in [-0.4, -0.2) is 34.5 Å². The van der Waals surface area contributed by atoms with Gasteiger partial charge in [-0.05, 0) is 55.7 Å². The lowest BCUT2D eigenvalue weighted by molar-refractivity contribution is -0.140. The SMILES string of the molecule is O=C(O)CC[C@@H]1CCCCN1C(=O)[C@@H]1C[C@@H]1c1ccc(F)cc1. The molecule has 5 heteroatoms. The van der Waals surface area contributed by atoms with Crippen molar-refractivity contribution in [3.8, 4) is 0 Å². The van der Waals surface area contributed by atoms with Crippen molar-refractivity contribution in [3.05, 3.63) is 35.6 Å². The first-order valence-corrected chi connectivity index (χ1v) is 8.34. The third-order valence-corrected chi connectivity index (χ3v) is 5.01. The molecule has 124 valence electrons.